The van der Waals surface area contributed by atoms with E-state index in [9.17, 15) is 4.79 Å². The summed E-state index contributed by atoms with van der Waals surface area (Å²) >= 11 is 0. The summed E-state index contributed by atoms with van der Waals surface area (Å²) in [6, 6.07) is 17.8. The Balaban J connectivity index is 1.55. The van der Waals surface area contributed by atoms with Crippen LogP contribution < -0.4 is 10.1 Å². The molecule has 0 spiro atoms. The van der Waals surface area contributed by atoms with Gasteiger partial charge in [-0.05, 0) is 48.7 Å². The highest BCUT2D eigenvalue weighted by molar-refractivity contribution is 5.81. The molecule has 0 saturated heterocycles. The van der Waals surface area contributed by atoms with Crippen LogP contribution >= 0.6 is 0 Å². The molecule has 0 fully saturated rings. The van der Waals surface area contributed by atoms with Crippen molar-refractivity contribution in [3.8, 4) is 11.5 Å². The summed E-state index contributed by atoms with van der Waals surface area (Å²) in [7, 11) is 1.98. The van der Waals surface area contributed by atoms with E-state index in [2.05, 4.69) is 48.4 Å². The zero-order chi connectivity index (χ0) is 22.0. The van der Waals surface area contributed by atoms with Crippen molar-refractivity contribution in [2.45, 2.75) is 33.1 Å². The lowest BCUT2D eigenvalue weighted by molar-refractivity contribution is -0.116. The lowest BCUT2D eigenvalue weighted by Crippen LogP contribution is -1.99. The second-order valence-electron chi connectivity index (χ2n) is 8.01. The fourth-order valence-electron chi connectivity index (χ4n) is 3.44. The van der Waals surface area contributed by atoms with Gasteiger partial charge in [0, 0.05) is 37.5 Å². The number of nitrogens with zero attached hydrogens (tertiary/aromatic N) is 3. The quantitative estimate of drug-likeness (QED) is 0.416. The number of ether oxygens (including phenoxy) is 1. The highest BCUT2D eigenvalue weighted by Crippen LogP contribution is 2.28. The third-order valence-electron chi connectivity index (χ3n) is 5.14. The highest BCUT2D eigenvalue weighted by Gasteiger charge is 2.10. The molecule has 0 amide bonds. The van der Waals surface area contributed by atoms with E-state index in [-0.39, 0.29) is 5.78 Å². The summed E-state index contributed by atoms with van der Waals surface area (Å²) in [5.74, 6) is 2.65. The molecule has 0 radical (unpaired) electrons. The number of pyridine rings is 1. The number of aryl methyl sites for hydroxylation is 1. The predicted molar refractivity (Wildman–Crippen MR) is 123 cm³/mol. The van der Waals surface area contributed by atoms with Crippen LogP contribution in [0.3, 0.4) is 0 Å². The van der Waals surface area contributed by atoms with Crippen molar-refractivity contribution >= 4 is 28.5 Å². The van der Waals surface area contributed by atoms with Gasteiger partial charge >= 0.3 is 0 Å². The Morgan fingerprint density at radius 2 is 1.81 bits per heavy atom. The Hall–Kier alpha value is -3.67. The number of carbonyl (C=O) groups is 1. The second-order valence-corrected chi connectivity index (χ2v) is 8.01. The maximum atomic E-state index is 11.3. The monoisotopic (exact) mass is 414 g/mol. The van der Waals surface area contributed by atoms with Crippen LogP contribution in [0.5, 0.6) is 11.5 Å². The fourth-order valence-corrected chi connectivity index (χ4v) is 3.44. The van der Waals surface area contributed by atoms with Crippen LogP contribution in [0.15, 0.2) is 60.8 Å². The normalized spacial score (nSPS) is 11.1. The number of hydrogen-bond donors (Lipinski definition) is 1. The molecule has 0 bridgehead atoms. The topological polar surface area (TPSA) is 69.0 Å². The number of rotatable bonds is 7. The van der Waals surface area contributed by atoms with Crippen LogP contribution in [0.2, 0.25) is 0 Å². The van der Waals surface area contributed by atoms with Gasteiger partial charge in [-0.3, -0.25) is 9.78 Å². The van der Waals surface area contributed by atoms with Crippen LogP contribution in [-0.4, -0.2) is 20.3 Å². The molecule has 0 aliphatic heterocycles. The third-order valence-corrected chi connectivity index (χ3v) is 5.14. The Bertz CT molecular complexity index is 1230. The second kappa shape index (κ2) is 8.60. The van der Waals surface area contributed by atoms with Crippen molar-refractivity contribution in [3.05, 3.63) is 72.1 Å². The van der Waals surface area contributed by atoms with Crippen molar-refractivity contribution in [1.82, 2.24) is 14.5 Å². The van der Waals surface area contributed by atoms with E-state index in [1.807, 2.05) is 29.8 Å². The molecule has 0 aliphatic carbocycles. The van der Waals surface area contributed by atoms with Crippen molar-refractivity contribution < 1.29 is 9.53 Å². The minimum absolute atomic E-state index is 0.0680. The van der Waals surface area contributed by atoms with Gasteiger partial charge in [-0.15, -0.1) is 0 Å². The number of anilines is 2. The first-order chi connectivity index (χ1) is 14.9. The number of imidazole rings is 1. The zero-order valence-corrected chi connectivity index (χ0v) is 18.2. The maximum absolute atomic E-state index is 11.3. The first-order valence-corrected chi connectivity index (χ1v) is 10.3. The van der Waals surface area contributed by atoms with Gasteiger partial charge in [0.1, 0.15) is 17.3 Å². The van der Waals surface area contributed by atoms with Crippen molar-refractivity contribution in [3.63, 3.8) is 0 Å². The van der Waals surface area contributed by atoms with Gasteiger partial charge in [-0.25, -0.2) is 4.98 Å². The third kappa shape index (κ3) is 4.74. The zero-order valence-electron chi connectivity index (χ0n) is 18.2. The summed E-state index contributed by atoms with van der Waals surface area (Å²) in [4.78, 5) is 20.3. The number of aromatic nitrogens is 3. The number of carbonyl (C=O) groups excluding carboxylic acids is 1. The average Bonchev–Trinajstić information content (AvgIpc) is 3.03. The smallest absolute Gasteiger partial charge is 0.208 e. The number of Topliss-reactive ketones (excluding diaryl/α,β-unsaturated/α-hetero) is 1. The van der Waals surface area contributed by atoms with E-state index in [0.717, 1.165) is 22.7 Å². The van der Waals surface area contributed by atoms with E-state index in [1.54, 1.807) is 25.3 Å². The van der Waals surface area contributed by atoms with E-state index < -0.39 is 0 Å². The van der Waals surface area contributed by atoms with Gasteiger partial charge in [-0.1, -0.05) is 26.0 Å². The molecule has 31 heavy (non-hydrogen) atoms. The summed E-state index contributed by atoms with van der Waals surface area (Å²) < 4.78 is 8.01. The van der Waals surface area contributed by atoms with Crippen molar-refractivity contribution in [1.29, 1.82) is 0 Å². The fraction of sp³-hybridized carbons (Fsp3) is 0.240. The van der Waals surface area contributed by atoms with Crippen LogP contribution in [-0.2, 0) is 18.3 Å². The number of fused-ring (bicyclic) bond motifs is 1. The molecular formula is C25H26N4O2. The molecule has 6 nitrogen and oxygen atoms in total. The highest BCUT2D eigenvalue weighted by atomic mass is 16.5. The van der Waals surface area contributed by atoms with Crippen LogP contribution in [0.25, 0.3) is 11.0 Å². The van der Waals surface area contributed by atoms with Gasteiger partial charge in [-0.2, -0.15) is 0 Å². The van der Waals surface area contributed by atoms with Crippen molar-refractivity contribution in [2.75, 3.05) is 5.32 Å². The first kappa shape index (κ1) is 20.6. The number of benzene rings is 2. The molecular weight excluding hydrogens is 388 g/mol. The average molecular weight is 415 g/mol. The number of ketones is 1. The molecule has 0 atom stereocenters. The molecule has 158 valence electrons. The largest absolute Gasteiger partial charge is 0.457 e. The Morgan fingerprint density at radius 3 is 2.52 bits per heavy atom. The van der Waals surface area contributed by atoms with Crippen LogP contribution in [0, 0.1) is 0 Å². The standard InChI is InChI=1S/C25H26N4O2/c1-16(2)18-5-7-19(8-6-18)27-25-28-23-15-21(9-10-24(23)29(25)4)31-22-11-12-26-20(14-22)13-17(3)30/h5-12,14-16H,13H2,1-4H3,(H,27,28). The Morgan fingerprint density at radius 1 is 1.06 bits per heavy atom. The maximum Gasteiger partial charge on any atom is 0.208 e. The SMILES string of the molecule is CC(=O)Cc1cc(Oc2ccc3c(c2)nc(Nc2ccc(C(C)C)cc2)n3C)ccn1. The molecule has 0 saturated carbocycles. The minimum atomic E-state index is 0.0680. The summed E-state index contributed by atoms with van der Waals surface area (Å²) in [5, 5.41) is 3.39. The van der Waals surface area contributed by atoms with Crippen LogP contribution in [0.1, 0.15) is 37.9 Å². The summed E-state index contributed by atoms with van der Waals surface area (Å²) in [6.45, 7) is 5.92. The Kier molecular flexibility index (Phi) is 5.71. The van der Waals surface area contributed by atoms with Gasteiger partial charge in [0.2, 0.25) is 5.95 Å². The first-order valence-electron chi connectivity index (χ1n) is 10.3. The number of nitrogens with one attached hydrogen (secondary N) is 1. The van der Waals surface area contributed by atoms with Gasteiger partial charge in [0.05, 0.1) is 16.7 Å². The predicted octanol–water partition coefficient (Wildman–Crippen LogP) is 5.76. The van der Waals surface area contributed by atoms with Crippen molar-refractivity contribution in [2.24, 2.45) is 7.05 Å². The molecule has 4 aromatic rings. The van der Waals surface area contributed by atoms with E-state index in [0.29, 0.717) is 29.5 Å². The van der Waals surface area contributed by atoms with Crippen LogP contribution in [0.4, 0.5) is 11.6 Å². The summed E-state index contributed by atoms with van der Waals surface area (Å²) in [5.41, 5.74) is 4.83. The van der Waals surface area contributed by atoms with E-state index in [1.165, 1.54) is 5.56 Å². The van der Waals surface area contributed by atoms with Gasteiger partial charge in [0.15, 0.2) is 0 Å². The Labute approximate surface area is 181 Å². The van der Waals surface area contributed by atoms with E-state index >= 15 is 0 Å². The molecule has 0 unspecified atom stereocenters. The van der Waals surface area contributed by atoms with Gasteiger partial charge in [0.25, 0.3) is 0 Å². The molecule has 2 heterocycles. The van der Waals surface area contributed by atoms with Gasteiger partial charge < -0.3 is 14.6 Å². The summed E-state index contributed by atoms with van der Waals surface area (Å²) in [6.07, 6.45) is 1.95. The molecule has 2 aromatic carbocycles. The molecule has 2 aromatic heterocycles. The number of hydrogen-bond acceptors (Lipinski definition) is 5. The van der Waals surface area contributed by atoms with E-state index in [4.69, 9.17) is 9.72 Å². The molecule has 6 heteroatoms. The minimum Gasteiger partial charge on any atom is -0.457 e. The molecule has 4 rings (SSSR count). The molecule has 0 aliphatic rings. The lowest BCUT2D eigenvalue weighted by Gasteiger charge is -2.09. The lowest BCUT2D eigenvalue weighted by atomic mass is 10.0. The molecule has 1 N–H and O–H groups in total.